The zero-order valence-electron chi connectivity index (χ0n) is 15.3. The first-order valence-corrected chi connectivity index (χ1v) is 9.70. The maximum atomic E-state index is 13.5. The number of halogens is 1. The van der Waals surface area contributed by atoms with E-state index >= 15 is 0 Å². The lowest BCUT2D eigenvalue weighted by Crippen LogP contribution is -2.31. The number of nitrogens with zero attached hydrogens (tertiary/aromatic N) is 5. The molecule has 2 aromatic carbocycles. The molecule has 1 aromatic heterocycles. The van der Waals surface area contributed by atoms with Crippen molar-refractivity contribution in [1.29, 1.82) is 0 Å². The first-order chi connectivity index (χ1) is 13.7. The number of carbonyl (C=O) groups excluding carboxylic acids is 1. The molecule has 7 heteroatoms. The molecule has 5 rings (SSSR count). The highest BCUT2D eigenvalue weighted by Crippen LogP contribution is 2.42. The molecule has 28 heavy (non-hydrogen) atoms. The van der Waals surface area contributed by atoms with Crippen molar-refractivity contribution in [2.75, 3.05) is 4.90 Å². The van der Waals surface area contributed by atoms with Crippen LogP contribution >= 0.6 is 0 Å². The molecule has 2 heterocycles. The number of amides is 1. The lowest BCUT2D eigenvalue weighted by molar-refractivity contribution is 0.0992. The Morgan fingerprint density at radius 3 is 2.50 bits per heavy atom. The monoisotopic (exact) mass is 377 g/mol. The zero-order valence-corrected chi connectivity index (χ0v) is 15.3. The molecule has 1 unspecified atom stereocenters. The minimum Gasteiger partial charge on any atom is -0.293 e. The van der Waals surface area contributed by atoms with E-state index in [0.717, 1.165) is 31.2 Å². The molecular weight excluding hydrogens is 357 g/mol. The highest BCUT2D eigenvalue weighted by atomic mass is 19.1. The van der Waals surface area contributed by atoms with Gasteiger partial charge in [0, 0.05) is 11.3 Å². The molecule has 1 atom stereocenters. The molecule has 1 aliphatic heterocycles. The summed E-state index contributed by atoms with van der Waals surface area (Å²) in [6, 6.07) is 13.3. The van der Waals surface area contributed by atoms with Gasteiger partial charge < -0.3 is 0 Å². The van der Waals surface area contributed by atoms with Crippen molar-refractivity contribution in [2.24, 2.45) is 0 Å². The fourth-order valence-electron chi connectivity index (χ4n) is 4.41. The minimum atomic E-state index is -0.425. The average Bonchev–Trinajstić information content (AvgIpc) is 3.32. The normalized spacial score (nSPS) is 19.8. The molecule has 0 N–H and O–H groups in total. The Labute approximate surface area is 162 Å². The SMILES string of the molecule is O=C1c2ccccc2C(c2nnnn2C2CCCCC2)N1c1ccc(F)cc1. The van der Waals surface area contributed by atoms with Gasteiger partial charge in [-0.15, -0.1) is 5.10 Å². The maximum absolute atomic E-state index is 13.5. The number of hydrogen-bond donors (Lipinski definition) is 0. The highest BCUT2D eigenvalue weighted by molar-refractivity contribution is 6.11. The molecule has 2 aliphatic rings. The predicted molar refractivity (Wildman–Crippen MR) is 101 cm³/mol. The summed E-state index contributed by atoms with van der Waals surface area (Å²) in [7, 11) is 0. The van der Waals surface area contributed by atoms with Crippen LogP contribution in [0, 0.1) is 5.82 Å². The van der Waals surface area contributed by atoms with Gasteiger partial charge in [0.05, 0.1) is 6.04 Å². The van der Waals surface area contributed by atoms with E-state index in [1.54, 1.807) is 17.0 Å². The van der Waals surface area contributed by atoms with Gasteiger partial charge in [-0.1, -0.05) is 37.5 Å². The van der Waals surface area contributed by atoms with Gasteiger partial charge in [0.2, 0.25) is 0 Å². The van der Waals surface area contributed by atoms with E-state index in [1.165, 1.54) is 18.6 Å². The van der Waals surface area contributed by atoms with E-state index in [9.17, 15) is 9.18 Å². The topological polar surface area (TPSA) is 63.9 Å². The molecule has 0 saturated heterocycles. The predicted octanol–water partition coefficient (Wildman–Crippen LogP) is 4.07. The van der Waals surface area contributed by atoms with Crippen molar-refractivity contribution in [3.8, 4) is 0 Å². The summed E-state index contributed by atoms with van der Waals surface area (Å²) >= 11 is 0. The molecule has 0 radical (unpaired) electrons. The maximum Gasteiger partial charge on any atom is 0.259 e. The van der Waals surface area contributed by atoms with E-state index in [-0.39, 0.29) is 17.8 Å². The van der Waals surface area contributed by atoms with Crippen molar-refractivity contribution >= 4 is 11.6 Å². The second kappa shape index (κ2) is 6.82. The van der Waals surface area contributed by atoms with Gasteiger partial charge in [-0.05, 0) is 59.2 Å². The molecule has 0 bridgehead atoms. The van der Waals surface area contributed by atoms with E-state index in [2.05, 4.69) is 15.5 Å². The van der Waals surface area contributed by atoms with Crippen LogP contribution in [0.1, 0.15) is 65.9 Å². The van der Waals surface area contributed by atoms with Crippen LogP contribution in [0.4, 0.5) is 10.1 Å². The van der Waals surface area contributed by atoms with Crippen LogP contribution in [0.15, 0.2) is 48.5 Å². The smallest absolute Gasteiger partial charge is 0.259 e. The van der Waals surface area contributed by atoms with Gasteiger partial charge in [0.15, 0.2) is 5.82 Å². The van der Waals surface area contributed by atoms with Crippen molar-refractivity contribution < 1.29 is 9.18 Å². The van der Waals surface area contributed by atoms with Crippen molar-refractivity contribution in [3.63, 3.8) is 0 Å². The van der Waals surface area contributed by atoms with Crippen LogP contribution in [-0.2, 0) is 0 Å². The Morgan fingerprint density at radius 1 is 0.964 bits per heavy atom. The van der Waals surface area contributed by atoms with E-state index in [0.29, 0.717) is 17.1 Å². The molecule has 0 spiro atoms. The van der Waals surface area contributed by atoms with Crippen LogP contribution < -0.4 is 4.90 Å². The number of hydrogen-bond acceptors (Lipinski definition) is 4. The summed E-state index contributed by atoms with van der Waals surface area (Å²) in [4.78, 5) is 14.9. The number of rotatable bonds is 3. The standard InChI is InChI=1S/C21H20FN5O/c22-14-10-12-15(13-11-14)26-19(17-8-4-5-9-18(17)21(26)28)20-23-24-25-27(20)16-6-2-1-3-7-16/h4-5,8-13,16,19H,1-3,6-7H2. The molecule has 1 fully saturated rings. The number of benzene rings is 2. The van der Waals surface area contributed by atoms with Gasteiger partial charge in [0.1, 0.15) is 11.9 Å². The van der Waals surface area contributed by atoms with Crippen LogP contribution in [0.25, 0.3) is 0 Å². The molecule has 3 aromatic rings. The van der Waals surface area contributed by atoms with Crippen LogP contribution in [-0.4, -0.2) is 26.1 Å². The quantitative estimate of drug-likeness (QED) is 0.690. The van der Waals surface area contributed by atoms with Gasteiger partial charge >= 0.3 is 0 Å². The summed E-state index contributed by atoms with van der Waals surface area (Å²) in [5.41, 5.74) is 2.14. The van der Waals surface area contributed by atoms with Crippen LogP contribution in [0.2, 0.25) is 0 Å². The van der Waals surface area contributed by atoms with Gasteiger partial charge in [-0.25, -0.2) is 9.07 Å². The molecule has 1 aliphatic carbocycles. The first-order valence-electron chi connectivity index (χ1n) is 9.70. The third-order valence-corrected chi connectivity index (χ3v) is 5.75. The second-order valence-electron chi connectivity index (χ2n) is 7.41. The zero-order chi connectivity index (χ0) is 19.1. The minimum absolute atomic E-state index is 0.120. The van der Waals surface area contributed by atoms with E-state index in [4.69, 9.17) is 0 Å². The average molecular weight is 377 g/mol. The largest absolute Gasteiger partial charge is 0.293 e. The first kappa shape index (κ1) is 17.0. The third kappa shape index (κ3) is 2.69. The Balaban J connectivity index is 1.64. The second-order valence-corrected chi connectivity index (χ2v) is 7.41. The lowest BCUT2D eigenvalue weighted by atomic mass is 9.95. The summed E-state index contributed by atoms with van der Waals surface area (Å²) in [6.07, 6.45) is 5.63. The number of anilines is 1. The Hall–Kier alpha value is -3.09. The molecule has 1 saturated carbocycles. The van der Waals surface area contributed by atoms with E-state index in [1.807, 2.05) is 28.9 Å². The van der Waals surface area contributed by atoms with E-state index < -0.39 is 6.04 Å². The summed E-state index contributed by atoms with van der Waals surface area (Å²) < 4.78 is 15.4. The van der Waals surface area contributed by atoms with Crippen LogP contribution in [0.3, 0.4) is 0 Å². The van der Waals surface area contributed by atoms with Gasteiger partial charge in [-0.2, -0.15) is 0 Å². The highest BCUT2D eigenvalue weighted by Gasteiger charge is 2.42. The molecular formula is C21H20FN5O. The summed E-state index contributed by atoms with van der Waals surface area (Å²) in [6.45, 7) is 0. The van der Waals surface area contributed by atoms with Crippen molar-refractivity contribution in [2.45, 2.75) is 44.2 Å². The Morgan fingerprint density at radius 2 is 1.71 bits per heavy atom. The lowest BCUT2D eigenvalue weighted by Gasteiger charge is -2.28. The van der Waals surface area contributed by atoms with Crippen LogP contribution in [0.5, 0.6) is 0 Å². The third-order valence-electron chi connectivity index (χ3n) is 5.75. The van der Waals surface area contributed by atoms with Gasteiger partial charge in [0.25, 0.3) is 5.91 Å². The Kier molecular flexibility index (Phi) is 4.15. The number of aromatic nitrogens is 4. The fourth-order valence-corrected chi connectivity index (χ4v) is 4.41. The Bertz CT molecular complexity index is 1010. The number of carbonyl (C=O) groups is 1. The number of tetrazole rings is 1. The summed E-state index contributed by atoms with van der Waals surface area (Å²) in [5.74, 6) is 0.205. The molecule has 6 nitrogen and oxygen atoms in total. The van der Waals surface area contributed by atoms with Gasteiger partial charge in [-0.3, -0.25) is 9.69 Å². The van der Waals surface area contributed by atoms with Crippen molar-refractivity contribution in [1.82, 2.24) is 20.2 Å². The van der Waals surface area contributed by atoms with Crippen molar-refractivity contribution in [3.05, 3.63) is 71.3 Å². The fraction of sp³-hybridized carbons (Fsp3) is 0.333. The summed E-state index contributed by atoms with van der Waals surface area (Å²) in [5, 5.41) is 12.6. The molecule has 1 amide bonds. The number of fused-ring (bicyclic) bond motifs is 1. The molecule has 142 valence electrons.